The second kappa shape index (κ2) is 5.40. The Hall–Kier alpha value is -1.55. The molecular weight excluding hydrogens is 230 g/mol. The molecule has 2 rings (SSSR count). The molecule has 0 bridgehead atoms. The number of ether oxygens (including phenoxy) is 1. The average molecular weight is 249 g/mol. The molecule has 0 spiro atoms. The van der Waals surface area contributed by atoms with Gasteiger partial charge in [0.25, 0.3) is 0 Å². The minimum absolute atomic E-state index is 0.521. The third-order valence-corrected chi connectivity index (χ3v) is 3.62. The second-order valence-electron chi connectivity index (χ2n) is 4.83. The molecule has 1 unspecified atom stereocenters. The van der Waals surface area contributed by atoms with Crippen LogP contribution >= 0.6 is 0 Å². The van der Waals surface area contributed by atoms with Gasteiger partial charge in [0, 0.05) is 6.54 Å². The van der Waals surface area contributed by atoms with Crippen molar-refractivity contribution in [1.82, 2.24) is 4.90 Å². The average Bonchev–Trinajstić information content (AvgIpc) is 2.74. The van der Waals surface area contributed by atoms with E-state index in [1.807, 2.05) is 35.2 Å². The van der Waals surface area contributed by atoms with Gasteiger partial charge in [0.05, 0.1) is 0 Å². The first-order valence-corrected chi connectivity index (χ1v) is 6.29. The van der Waals surface area contributed by atoms with Crippen LogP contribution in [0.15, 0.2) is 30.3 Å². The van der Waals surface area contributed by atoms with E-state index in [2.05, 4.69) is 0 Å². The summed E-state index contributed by atoms with van der Waals surface area (Å²) >= 11 is 0. The number of nitrogens with zero attached hydrogens (tertiary/aromatic N) is 1. The first kappa shape index (κ1) is 12.9. The molecule has 4 heteroatoms. The van der Waals surface area contributed by atoms with Crippen LogP contribution in [-0.2, 0) is 4.79 Å². The van der Waals surface area contributed by atoms with Crippen molar-refractivity contribution in [3.8, 4) is 5.75 Å². The maximum Gasteiger partial charge on any atom is 0.323 e. The van der Waals surface area contributed by atoms with Crippen molar-refractivity contribution >= 4 is 5.97 Å². The molecule has 1 atom stereocenters. The molecule has 1 N–H and O–H groups in total. The highest BCUT2D eigenvalue weighted by Gasteiger charge is 2.42. The van der Waals surface area contributed by atoms with Crippen LogP contribution in [0.1, 0.15) is 19.8 Å². The molecule has 0 saturated carbocycles. The monoisotopic (exact) mass is 249 g/mol. The van der Waals surface area contributed by atoms with Gasteiger partial charge in [0.15, 0.2) is 0 Å². The van der Waals surface area contributed by atoms with Gasteiger partial charge in [-0.1, -0.05) is 18.2 Å². The summed E-state index contributed by atoms with van der Waals surface area (Å²) < 4.78 is 5.61. The van der Waals surface area contributed by atoms with Gasteiger partial charge in [-0.05, 0) is 38.4 Å². The van der Waals surface area contributed by atoms with E-state index < -0.39 is 11.5 Å². The van der Waals surface area contributed by atoms with Crippen LogP contribution in [0, 0.1) is 0 Å². The molecule has 0 amide bonds. The number of benzene rings is 1. The smallest absolute Gasteiger partial charge is 0.323 e. The number of para-hydroxylation sites is 1. The van der Waals surface area contributed by atoms with Gasteiger partial charge in [-0.2, -0.15) is 0 Å². The van der Waals surface area contributed by atoms with Crippen LogP contribution in [0.5, 0.6) is 5.75 Å². The van der Waals surface area contributed by atoms with Gasteiger partial charge >= 0.3 is 5.97 Å². The Morgan fingerprint density at radius 1 is 1.44 bits per heavy atom. The fourth-order valence-electron chi connectivity index (χ4n) is 2.41. The number of rotatable bonds is 5. The summed E-state index contributed by atoms with van der Waals surface area (Å²) in [7, 11) is 0. The fraction of sp³-hybridized carbons (Fsp3) is 0.500. The summed E-state index contributed by atoms with van der Waals surface area (Å²) in [6, 6.07) is 9.59. The van der Waals surface area contributed by atoms with E-state index in [9.17, 15) is 9.90 Å². The zero-order valence-electron chi connectivity index (χ0n) is 10.6. The zero-order valence-corrected chi connectivity index (χ0v) is 10.6. The molecule has 0 aromatic heterocycles. The molecule has 0 aliphatic carbocycles. The van der Waals surface area contributed by atoms with Crippen molar-refractivity contribution in [2.45, 2.75) is 25.3 Å². The van der Waals surface area contributed by atoms with Gasteiger partial charge < -0.3 is 9.84 Å². The summed E-state index contributed by atoms with van der Waals surface area (Å²) in [6.45, 7) is 3.80. The Kier molecular flexibility index (Phi) is 3.87. The number of hydrogen-bond donors (Lipinski definition) is 1. The highest BCUT2D eigenvalue weighted by Crippen LogP contribution is 2.28. The van der Waals surface area contributed by atoms with E-state index in [4.69, 9.17) is 4.74 Å². The number of carboxylic acids is 1. The highest BCUT2D eigenvalue weighted by molar-refractivity contribution is 5.78. The fourth-order valence-corrected chi connectivity index (χ4v) is 2.41. The second-order valence-corrected chi connectivity index (χ2v) is 4.83. The molecule has 0 radical (unpaired) electrons. The van der Waals surface area contributed by atoms with Crippen molar-refractivity contribution < 1.29 is 14.6 Å². The molecule has 1 aliphatic heterocycles. The first-order valence-electron chi connectivity index (χ1n) is 6.29. The van der Waals surface area contributed by atoms with E-state index >= 15 is 0 Å². The molecule has 1 aromatic carbocycles. The molecule has 1 heterocycles. The summed E-state index contributed by atoms with van der Waals surface area (Å²) in [6.07, 6.45) is 1.65. The largest absolute Gasteiger partial charge is 0.492 e. The Morgan fingerprint density at radius 3 is 2.83 bits per heavy atom. The Bertz CT molecular complexity index is 407. The van der Waals surface area contributed by atoms with Crippen LogP contribution in [-0.4, -0.2) is 41.2 Å². The summed E-state index contributed by atoms with van der Waals surface area (Å²) in [5, 5.41) is 9.28. The number of aliphatic carboxylic acids is 1. The normalized spacial score (nSPS) is 24.1. The van der Waals surface area contributed by atoms with Crippen LogP contribution in [0.4, 0.5) is 0 Å². The predicted octanol–water partition coefficient (Wildman–Crippen LogP) is 2.00. The highest BCUT2D eigenvalue weighted by atomic mass is 16.5. The standard InChI is InChI=1S/C14H19NO3/c1-14(13(16)17)8-5-9-15(14)10-11-18-12-6-3-2-4-7-12/h2-4,6-7H,5,8-11H2,1H3,(H,16,17). The van der Waals surface area contributed by atoms with Gasteiger partial charge in [-0.15, -0.1) is 0 Å². The Labute approximate surface area is 107 Å². The SMILES string of the molecule is CC1(C(=O)O)CCCN1CCOc1ccccc1. The van der Waals surface area contributed by atoms with Crippen molar-refractivity contribution in [2.24, 2.45) is 0 Å². The van der Waals surface area contributed by atoms with Crippen molar-refractivity contribution in [1.29, 1.82) is 0 Å². The Morgan fingerprint density at radius 2 is 2.17 bits per heavy atom. The molecule has 18 heavy (non-hydrogen) atoms. The lowest BCUT2D eigenvalue weighted by Gasteiger charge is -2.30. The quantitative estimate of drug-likeness (QED) is 0.867. The van der Waals surface area contributed by atoms with E-state index in [1.54, 1.807) is 6.92 Å². The summed E-state index contributed by atoms with van der Waals surface area (Å²) in [5.74, 6) is 0.0911. The molecule has 1 saturated heterocycles. The molecular formula is C14H19NO3. The van der Waals surface area contributed by atoms with Gasteiger partial charge in [-0.25, -0.2) is 0 Å². The molecule has 1 fully saturated rings. The molecule has 1 aliphatic rings. The van der Waals surface area contributed by atoms with Crippen LogP contribution in [0.3, 0.4) is 0 Å². The van der Waals surface area contributed by atoms with Crippen LogP contribution in [0.25, 0.3) is 0 Å². The minimum atomic E-state index is -0.736. The molecule has 98 valence electrons. The van der Waals surface area contributed by atoms with Crippen LogP contribution in [0.2, 0.25) is 0 Å². The van der Waals surface area contributed by atoms with Crippen molar-refractivity contribution in [3.05, 3.63) is 30.3 Å². The third kappa shape index (κ3) is 2.64. The van der Waals surface area contributed by atoms with E-state index in [0.717, 1.165) is 18.7 Å². The Balaban J connectivity index is 1.85. The number of hydrogen-bond acceptors (Lipinski definition) is 3. The van der Waals surface area contributed by atoms with E-state index in [0.29, 0.717) is 19.6 Å². The van der Waals surface area contributed by atoms with Gasteiger partial charge in [0.1, 0.15) is 17.9 Å². The molecule has 1 aromatic rings. The van der Waals surface area contributed by atoms with Crippen molar-refractivity contribution in [3.63, 3.8) is 0 Å². The maximum atomic E-state index is 11.3. The number of carbonyl (C=O) groups is 1. The number of likely N-dealkylation sites (tertiary alicyclic amines) is 1. The van der Waals surface area contributed by atoms with E-state index in [-0.39, 0.29) is 0 Å². The predicted molar refractivity (Wildman–Crippen MR) is 68.8 cm³/mol. The topological polar surface area (TPSA) is 49.8 Å². The lowest BCUT2D eigenvalue weighted by molar-refractivity contribution is -0.148. The van der Waals surface area contributed by atoms with E-state index in [1.165, 1.54) is 0 Å². The summed E-state index contributed by atoms with van der Waals surface area (Å²) in [5.41, 5.74) is -0.722. The number of carboxylic acid groups (broad SMARTS) is 1. The van der Waals surface area contributed by atoms with Crippen molar-refractivity contribution in [2.75, 3.05) is 19.7 Å². The summed E-state index contributed by atoms with van der Waals surface area (Å²) in [4.78, 5) is 13.3. The zero-order chi connectivity index (χ0) is 13.0. The lowest BCUT2D eigenvalue weighted by Crippen LogP contribution is -2.49. The third-order valence-electron chi connectivity index (χ3n) is 3.62. The minimum Gasteiger partial charge on any atom is -0.492 e. The maximum absolute atomic E-state index is 11.3. The first-order chi connectivity index (χ1) is 8.63. The van der Waals surface area contributed by atoms with Gasteiger partial charge in [0.2, 0.25) is 0 Å². The van der Waals surface area contributed by atoms with Crippen LogP contribution < -0.4 is 4.74 Å². The molecule has 4 nitrogen and oxygen atoms in total. The lowest BCUT2D eigenvalue weighted by atomic mass is 9.99. The van der Waals surface area contributed by atoms with Gasteiger partial charge in [-0.3, -0.25) is 9.69 Å².